The van der Waals surface area contributed by atoms with Crippen LogP contribution in [0.15, 0.2) is 18.2 Å². The normalized spacial score (nSPS) is 21.0. The largest absolute Gasteiger partial charge is 0.416 e. The molecular weight excluding hydrogens is 200 g/mol. The zero-order chi connectivity index (χ0) is 10.3. The predicted octanol–water partition coefficient (Wildman–Crippen LogP) is 2.92. The number of halogens is 4. The van der Waals surface area contributed by atoms with Gasteiger partial charge in [0.25, 0.3) is 0 Å². The smallest absolute Gasteiger partial charge is 0.368 e. The summed E-state index contributed by atoms with van der Waals surface area (Å²) in [6.45, 7) is 0.290. The summed E-state index contributed by atoms with van der Waals surface area (Å²) in [5.41, 5.74) is -0.857. The maximum Gasteiger partial charge on any atom is 0.416 e. The summed E-state index contributed by atoms with van der Waals surface area (Å²) in [6.07, 6.45) is -4.94. The van der Waals surface area contributed by atoms with Crippen LogP contribution >= 0.6 is 0 Å². The van der Waals surface area contributed by atoms with E-state index in [0.29, 0.717) is 0 Å². The predicted molar refractivity (Wildman–Crippen MR) is 40.1 cm³/mol. The van der Waals surface area contributed by atoms with Crippen LogP contribution in [0.5, 0.6) is 0 Å². The fourth-order valence-electron chi connectivity index (χ4n) is 1.19. The lowest BCUT2D eigenvalue weighted by Gasteiger charge is -2.08. The van der Waals surface area contributed by atoms with Crippen molar-refractivity contribution in [2.45, 2.75) is 12.3 Å². The SMILES string of the molecule is Fc1ccc(C(F)(F)F)cc1C1CO1. The van der Waals surface area contributed by atoms with E-state index in [2.05, 4.69) is 0 Å². The number of rotatable bonds is 1. The first-order chi connectivity index (χ1) is 6.48. The summed E-state index contributed by atoms with van der Waals surface area (Å²) in [5.74, 6) is -0.652. The highest BCUT2D eigenvalue weighted by Gasteiger charge is 2.34. The third-order valence-corrected chi connectivity index (χ3v) is 2.00. The molecule has 0 aromatic heterocycles. The Balaban J connectivity index is 2.40. The molecule has 0 aliphatic carbocycles. The molecule has 0 spiro atoms. The number of ether oxygens (including phenoxy) is 1. The van der Waals surface area contributed by atoms with Gasteiger partial charge in [-0.15, -0.1) is 0 Å². The third kappa shape index (κ3) is 1.72. The molecule has 1 aliphatic heterocycles. The van der Waals surface area contributed by atoms with E-state index in [4.69, 9.17) is 4.74 Å². The lowest BCUT2D eigenvalue weighted by Crippen LogP contribution is -2.06. The Morgan fingerprint density at radius 3 is 2.43 bits per heavy atom. The maximum absolute atomic E-state index is 13.0. The van der Waals surface area contributed by atoms with Gasteiger partial charge in [-0.05, 0) is 18.2 Å². The van der Waals surface area contributed by atoms with Crippen molar-refractivity contribution in [1.82, 2.24) is 0 Å². The van der Waals surface area contributed by atoms with Crippen molar-refractivity contribution in [3.8, 4) is 0 Å². The molecular formula is C9H6F4O. The minimum atomic E-state index is -4.43. The summed E-state index contributed by atoms with van der Waals surface area (Å²) >= 11 is 0. The van der Waals surface area contributed by atoms with Crippen LogP contribution in [-0.4, -0.2) is 6.61 Å². The highest BCUT2D eigenvalue weighted by Crippen LogP contribution is 2.36. The second kappa shape index (κ2) is 2.95. The molecule has 1 aromatic carbocycles. The van der Waals surface area contributed by atoms with E-state index in [0.717, 1.165) is 18.2 Å². The van der Waals surface area contributed by atoms with E-state index in [1.165, 1.54) is 0 Å². The van der Waals surface area contributed by atoms with E-state index in [-0.39, 0.29) is 12.2 Å². The Labute approximate surface area is 77.3 Å². The van der Waals surface area contributed by atoms with Crippen LogP contribution in [0, 0.1) is 5.82 Å². The van der Waals surface area contributed by atoms with Crippen molar-refractivity contribution >= 4 is 0 Å². The zero-order valence-electron chi connectivity index (χ0n) is 6.94. The average molecular weight is 206 g/mol. The van der Waals surface area contributed by atoms with Crippen molar-refractivity contribution < 1.29 is 22.3 Å². The van der Waals surface area contributed by atoms with Gasteiger partial charge in [-0.3, -0.25) is 0 Å². The van der Waals surface area contributed by atoms with Gasteiger partial charge < -0.3 is 4.74 Å². The molecule has 1 nitrogen and oxygen atoms in total. The first-order valence-electron chi connectivity index (χ1n) is 3.97. The van der Waals surface area contributed by atoms with Gasteiger partial charge in [0.2, 0.25) is 0 Å². The van der Waals surface area contributed by atoms with E-state index in [9.17, 15) is 17.6 Å². The molecule has 5 heteroatoms. The molecule has 76 valence electrons. The van der Waals surface area contributed by atoms with E-state index in [1.807, 2.05) is 0 Å². The maximum atomic E-state index is 13.0. The standard InChI is InChI=1S/C9H6F4O/c10-7-2-1-5(9(11,12)13)3-6(7)8-4-14-8/h1-3,8H,4H2. The number of hydrogen-bond acceptors (Lipinski definition) is 1. The molecule has 0 bridgehead atoms. The van der Waals surface area contributed by atoms with Crippen LogP contribution in [0.25, 0.3) is 0 Å². The Hall–Kier alpha value is -1.10. The monoisotopic (exact) mass is 206 g/mol. The van der Waals surface area contributed by atoms with E-state index in [1.54, 1.807) is 0 Å². The van der Waals surface area contributed by atoms with Crippen molar-refractivity contribution in [2.75, 3.05) is 6.61 Å². The van der Waals surface area contributed by atoms with Gasteiger partial charge in [0.15, 0.2) is 0 Å². The third-order valence-electron chi connectivity index (χ3n) is 2.00. The Morgan fingerprint density at radius 2 is 1.93 bits per heavy atom. The van der Waals surface area contributed by atoms with Crippen LogP contribution in [-0.2, 0) is 10.9 Å². The van der Waals surface area contributed by atoms with Gasteiger partial charge in [-0.1, -0.05) is 0 Å². The van der Waals surface area contributed by atoms with Gasteiger partial charge in [-0.2, -0.15) is 13.2 Å². The van der Waals surface area contributed by atoms with Crippen LogP contribution in [0.4, 0.5) is 17.6 Å². The first kappa shape index (κ1) is 9.45. The molecule has 0 saturated carbocycles. The summed E-state index contributed by atoms with van der Waals surface area (Å²) in [4.78, 5) is 0. The molecule has 0 N–H and O–H groups in total. The van der Waals surface area contributed by atoms with Crippen molar-refractivity contribution in [3.63, 3.8) is 0 Å². The van der Waals surface area contributed by atoms with Crippen LogP contribution < -0.4 is 0 Å². The highest BCUT2D eigenvalue weighted by molar-refractivity contribution is 5.30. The first-order valence-corrected chi connectivity index (χ1v) is 3.97. The summed E-state index contributed by atoms with van der Waals surface area (Å²) in [7, 11) is 0. The lowest BCUT2D eigenvalue weighted by atomic mass is 10.1. The minimum absolute atomic E-state index is 0.0141. The second-order valence-electron chi connectivity index (χ2n) is 3.06. The second-order valence-corrected chi connectivity index (χ2v) is 3.06. The van der Waals surface area contributed by atoms with E-state index >= 15 is 0 Å². The van der Waals surface area contributed by atoms with Crippen molar-refractivity contribution in [2.24, 2.45) is 0 Å². The molecule has 0 amide bonds. The Morgan fingerprint density at radius 1 is 1.29 bits per heavy atom. The Kier molecular flexibility index (Phi) is 1.99. The van der Waals surface area contributed by atoms with Gasteiger partial charge in [0.1, 0.15) is 11.9 Å². The van der Waals surface area contributed by atoms with Gasteiger partial charge in [0.05, 0.1) is 12.2 Å². The molecule has 1 fully saturated rings. The van der Waals surface area contributed by atoms with Gasteiger partial charge in [-0.25, -0.2) is 4.39 Å². The molecule has 1 aromatic rings. The molecule has 1 aliphatic rings. The van der Waals surface area contributed by atoms with Crippen molar-refractivity contribution in [3.05, 3.63) is 35.1 Å². The molecule has 1 atom stereocenters. The van der Waals surface area contributed by atoms with Crippen LogP contribution in [0.2, 0.25) is 0 Å². The molecule has 14 heavy (non-hydrogen) atoms. The summed E-state index contributed by atoms with van der Waals surface area (Å²) in [5, 5.41) is 0. The van der Waals surface area contributed by atoms with Gasteiger partial charge >= 0.3 is 6.18 Å². The number of alkyl halides is 3. The number of epoxide rings is 1. The average Bonchev–Trinajstić information content (AvgIpc) is 2.85. The highest BCUT2D eigenvalue weighted by atomic mass is 19.4. The van der Waals surface area contributed by atoms with Crippen LogP contribution in [0.3, 0.4) is 0 Å². The topological polar surface area (TPSA) is 12.5 Å². The summed E-state index contributed by atoms with van der Waals surface area (Å²) < 4.78 is 54.4. The molecule has 2 rings (SSSR count). The van der Waals surface area contributed by atoms with Gasteiger partial charge in [0, 0.05) is 5.56 Å². The molecule has 1 unspecified atom stereocenters. The fraction of sp³-hybridized carbons (Fsp3) is 0.333. The zero-order valence-corrected chi connectivity index (χ0v) is 6.94. The fourth-order valence-corrected chi connectivity index (χ4v) is 1.19. The number of benzene rings is 1. The number of hydrogen-bond donors (Lipinski definition) is 0. The molecule has 0 radical (unpaired) electrons. The lowest BCUT2D eigenvalue weighted by molar-refractivity contribution is -0.137. The van der Waals surface area contributed by atoms with Crippen molar-refractivity contribution in [1.29, 1.82) is 0 Å². The molecule has 1 heterocycles. The minimum Gasteiger partial charge on any atom is -0.368 e. The quantitative estimate of drug-likeness (QED) is 0.508. The molecule has 1 saturated heterocycles. The van der Waals surface area contributed by atoms with Crippen LogP contribution in [0.1, 0.15) is 17.2 Å². The van der Waals surface area contributed by atoms with E-state index < -0.39 is 23.7 Å². The Bertz CT molecular complexity index is 354. The summed E-state index contributed by atoms with van der Waals surface area (Å²) in [6, 6.07) is 2.34.